The number of nitrogens with zero attached hydrogens (tertiary/aromatic N) is 2. The molecule has 1 amide bonds. The fourth-order valence-electron chi connectivity index (χ4n) is 4.23. The number of likely N-dealkylation sites (tertiary alicyclic amines) is 1. The molecule has 1 N–H and O–H groups in total. The number of carbonyl (C=O) groups excluding carboxylic acids is 1. The van der Waals surface area contributed by atoms with Crippen molar-refractivity contribution in [2.45, 2.75) is 58.3 Å². The third-order valence-corrected chi connectivity index (χ3v) is 6.43. The largest absolute Gasteiger partial charge is 0.469 e. The van der Waals surface area contributed by atoms with Crippen LogP contribution in [-0.4, -0.2) is 42.3 Å². The van der Waals surface area contributed by atoms with Gasteiger partial charge in [0.25, 0.3) is 0 Å². The van der Waals surface area contributed by atoms with Gasteiger partial charge in [0.15, 0.2) is 0 Å². The Labute approximate surface area is 173 Å². The summed E-state index contributed by atoms with van der Waals surface area (Å²) in [4.78, 5) is 24.1. The monoisotopic (exact) mass is 400 g/mol. The summed E-state index contributed by atoms with van der Waals surface area (Å²) in [5, 5.41) is 18.8. The maximum absolute atomic E-state index is 11.5. The molecule has 0 radical (unpaired) electrons. The summed E-state index contributed by atoms with van der Waals surface area (Å²) in [7, 11) is 1.36. The smallest absolute Gasteiger partial charge is 0.407 e. The van der Waals surface area contributed by atoms with Crippen molar-refractivity contribution in [1.29, 1.82) is 5.26 Å². The molecule has 0 aromatic heterocycles. The predicted octanol–water partition coefficient (Wildman–Crippen LogP) is 4.38. The van der Waals surface area contributed by atoms with Gasteiger partial charge >= 0.3 is 12.1 Å². The molecule has 1 aliphatic rings. The number of rotatable bonds is 7. The summed E-state index contributed by atoms with van der Waals surface area (Å²) in [6, 6.07) is 10.4. The molecule has 1 unspecified atom stereocenters. The number of piperidine rings is 1. The Morgan fingerprint density at radius 2 is 1.79 bits per heavy atom. The summed E-state index contributed by atoms with van der Waals surface area (Å²) in [5.41, 5.74) is 1.44. The minimum atomic E-state index is -0.829. The topological polar surface area (TPSA) is 90.6 Å². The first-order valence-electron chi connectivity index (χ1n) is 10.2. The van der Waals surface area contributed by atoms with Crippen molar-refractivity contribution in [3.8, 4) is 6.07 Å². The molecule has 2 rings (SSSR count). The molecule has 1 saturated heterocycles. The van der Waals surface area contributed by atoms with Crippen molar-refractivity contribution in [3.05, 3.63) is 35.4 Å². The zero-order valence-corrected chi connectivity index (χ0v) is 17.9. The Morgan fingerprint density at radius 1 is 1.21 bits per heavy atom. The molecular weight excluding hydrogens is 368 g/mol. The summed E-state index contributed by atoms with van der Waals surface area (Å²) >= 11 is 0. The number of hydrogen-bond acceptors (Lipinski definition) is 4. The number of nitriles is 1. The van der Waals surface area contributed by atoms with Crippen LogP contribution in [0.3, 0.4) is 0 Å². The predicted molar refractivity (Wildman–Crippen MR) is 110 cm³/mol. The maximum atomic E-state index is 11.5. The lowest BCUT2D eigenvalue weighted by Crippen LogP contribution is -2.42. The van der Waals surface area contributed by atoms with E-state index >= 15 is 0 Å². The van der Waals surface area contributed by atoms with Crippen LogP contribution in [0.5, 0.6) is 0 Å². The number of carboxylic acid groups (broad SMARTS) is 1. The molecular formula is C23H32N2O4. The van der Waals surface area contributed by atoms with Gasteiger partial charge in [-0.05, 0) is 55.1 Å². The molecule has 0 bridgehead atoms. The number of ether oxygens (including phenoxy) is 1. The van der Waals surface area contributed by atoms with Crippen LogP contribution in [-0.2, 0) is 21.4 Å². The molecule has 1 aromatic rings. The summed E-state index contributed by atoms with van der Waals surface area (Å²) in [6.07, 6.45) is 2.48. The number of benzene rings is 1. The van der Waals surface area contributed by atoms with Crippen LogP contribution >= 0.6 is 0 Å². The van der Waals surface area contributed by atoms with Gasteiger partial charge in [-0.15, -0.1) is 0 Å². The SMILES string of the molecule is COC(=O)CCC(C)(C#N)c1ccc(CC(C)(C)C2CCN(C(=O)O)CC2)cc1. The van der Waals surface area contributed by atoms with Crippen LogP contribution in [0.15, 0.2) is 24.3 Å². The van der Waals surface area contributed by atoms with E-state index in [1.807, 2.05) is 19.1 Å². The van der Waals surface area contributed by atoms with E-state index in [2.05, 4.69) is 32.0 Å². The summed E-state index contributed by atoms with van der Waals surface area (Å²) in [5.74, 6) is 0.168. The van der Waals surface area contributed by atoms with Crippen molar-refractivity contribution in [2.24, 2.45) is 11.3 Å². The third-order valence-electron chi connectivity index (χ3n) is 6.43. The fraction of sp³-hybridized carbons (Fsp3) is 0.609. The third kappa shape index (κ3) is 5.72. The molecule has 29 heavy (non-hydrogen) atoms. The Balaban J connectivity index is 2.03. The van der Waals surface area contributed by atoms with Crippen molar-refractivity contribution in [3.63, 3.8) is 0 Å². The normalized spacial score (nSPS) is 17.3. The lowest BCUT2D eigenvalue weighted by molar-refractivity contribution is -0.140. The van der Waals surface area contributed by atoms with Crippen LogP contribution in [0.2, 0.25) is 0 Å². The Kier molecular flexibility index (Phi) is 7.29. The van der Waals surface area contributed by atoms with E-state index in [1.165, 1.54) is 17.6 Å². The average molecular weight is 401 g/mol. The molecule has 6 heteroatoms. The van der Waals surface area contributed by atoms with Crippen molar-refractivity contribution < 1.29 is 19.4 Å². The van der Waals surface area contributed by atoms with Gasteiger partial charge < -0.3 is 14.7 Å². The Bertz CT molecular complexity index is 758. The van der Waals surface area contributed by atoms with Crippen LogP contribution in [0, 0.1) is 22.7 Å². The van der Waals surface area contributed by atoms with Crippen LogP contribution in [0.4, 0.5) is 4.79 Å². The first-order chi connectivity index (χ1) is 13.6. The van der Waals surface area contributed by atoms with E-state index in [4.69, 9.17) is 9.84 Å². The number of esters is 1. The highest BCUT2D eigenvalue weighted by molar-refractivity contribution is 5.69. The zero-order chi connectivity index (χ0) is 21.7. The van der Waals surface area contributed by atoms with E-state index in [9.17, 15) is 14.9 Å². The lowest BCUT2D eigenvalue weighted by Gasteiger charge is -2.40. The van der Waals surface area contributed by atoms with E-state index in [0.29, 0.717) is 25.4 Å². The molecule has 1 atom stereocenters. The number of amides is 1. The lowest BCUT2D eigenvalue weighted by atomic mass is 9.70. The number of methoxy groups -OCH3 is 1. The van der Waals surface area contributed by atoms with Gasteiger partial charge in [0.2, 0.25) is 0 Å². The van der Waals surface area contributed by atoms with Gasteiger partial charge in [-0.1, -0.05) is 38.1 Å². The van der Waals surface area contributed by atoms with Gasteiger partial charge in [0.1, 0.15) is 0 Å². The molecule has 1 heterocycles. The highest BCUT2D eigenvalue weighted by Crippen LogP contribution is 2.38. The molecule has 1 aromatic carbocycles. The minimum Gasteiger partial charge on any atom is -0.469 e. The van der Waals surface area contributed by atoms with Crippen molar-refractivity contribution in [1.82, 2.24) is 4.90 Å². The van der Waals surface area contributed by atoms with Crippen molar-refractivity contribution in [2.75, 3.05) is 20.2 Å². The summed E-state index contributed by atoms with van der Waals surface area (Å²) < 4.78 is 4.69. The van der Waals surface area contributed by atoms with Gasteiger partial charge in [0.05, 0.1) is 18.6 Å². The van der Waals surface area contributed by atoms with E-state index in [1.54, 1.807) is 0 Å². The highest BCUT2D eigenvalue weighted by Gasteiger charge is 2.34. The van der Waals surface area contributed by atoms with Gasteiger partial charge in [-0.25, -0.2) is 4.79 Å². The van der Waals surface area contributed by atoms with Crippen molar-refractivity contribution >= 4 is 12.1 Å². The van der Waals surface area contributed by atoms with Gasteiger partial charge in [-0.2, -0.15) is 5.26 Å². The number of hydrogen-bond donors (Lipinski definition) is 1. The molecule has 1 aliphatic heterocycles. The molecule has 1 fully saturated rings. The van der Waals surface area contributed by atoms with Crippen LogP contribution in [0.25, 0.3) is 0 Å². The molecule has 0 spiro atoms. The summed E-state index contributed by atoms with van der Waals surface area (Å²) in [6.45, 7) is 7.55. The molecule has 0 aliphatic carbocycles. The second-order valence-corrected chi connectivity index (χ2v) is 8.93. The standard InChI is InChI=1S/C23H32N2O4/c1-22(2,18-10-13-25(14-11-18)21(27)28)15-17-5-7-19(8-6-17)23(3,16-24)12-9-20(26)29-4/h5-8,18H,9-15H2,1-4H3,(H,27,28). The van der Waals surface area contributed by atoms with Gasteiger partial charge in [-0.3, -0.25) is 4.79 Å². The van der Waals surface area contributed by atoms with E-state index < -0.39 is 11.5 Å². The molecule has 158 valence electrons. The van der Waals surface area contributed by atoms with Crippen LogP contribution in [0.1, 0.15) is 57.6 Å². The minimum absolute atomic E-state index is 0.0650. The second-order valence-electron chi connectivity index (χ2n) is 8.93. The Morgan fingerprint density at radius 3 is 2.28 bits per heavy atom. The van der Waals surface area contributed by atoms with E-state index in [0.717, 1.165) is 24.8 Å². The first-order valence-corrected chi connectivity index (χ1v) is 10.2. The second kappa shape index (κ2) is 9.30. The van der Waals surface area contributed by atoms with E-state index in [-0.39, 0.29) is 17.8 Å². The number of carbonyl (C=O) groups is 2. The average Bonchev–Trinajstić information content (AvgIpc) is 2.72. The quantitative estimate of drug-likeness (QED) is 0.686. The zero-order valence-electron chi connectivity index (χ0n) is 17.9. The van der Waals surface area contributed by atoms with Crippen LogP contribution < -0.4 is 0 Å². The first kappa shape index (κ1) is 22.7. The van der Waals surface area contributed by atoms with Gasteiger partial charge in [0, 0.05) is 19.5 Å². The highest BCUT2D eigenvalue weighted by atomic mass is 16.5. The fourth-order valence-corrected chi connectivity index (χ4v) is 4.23. The molecule has 6 nitrogen and oxygen atoms in total. The maximum Gasteiger partial charge on any atom is 0.407 e. The molecule has 0 saturated carbocycles. The Hall–Kier alpha value is -2.55.